The molecule has 0 aliphatic carbocycles. The molecule has 0 spiro atoms. The SMILES string of the molecule is CC(CC(=O)OCc1nc(-c2cccc(Br)c2)no1)NC(=O)c1ccccc1. The third kappa shape index (κ3) is 5.50. The van der Waals surface area contributed by atoms with Crippen LogP contribution in [0.25, 0.3) is 11.4 Å². The highest BCUT2D eigenvalue weighted by Gasteiger charge is 2.16. The van der Waals surface area contributed by atoms with E-state index in [0.717, 1.165) is 10.0 Å². The summed E-state index contributed by atoms with van der Waals surface area (Å²) in [5, 5.41) is 6.64. The Kier molecular flexibility index (Phi) is 6.54. The average Bonchev–Trinajstić information content (AvgIpc) is 3.16. The highest BCUT2D eigenvalue weighted by Crippen LogP contribution is 2.20. The number of benzene rings is 2. The van der Waals surface area contributed by atoms with Crippen LogP contribution in [0.5, 0.6) is 0 Å². The minimum absolute atomic E-state index is 0.0329. The molecular formula is C20H18BrN3O4. The van der Waals surface area contributed by atoms with E-state index in [1.807, 2.05) is 30.3 Å². The summed E-state index contributed by atoms with van der Waals surface area (Å²) in [7, 11) is 0. The van der Waals surface area contributed by atoms with Gasteiger partial charge in [-0.2, -0.15) is 4.98 Å². The van der Waals surface area contributed by atoms with Crippen molar-refractivity contribution in [2.45, 2.75) is 26.0 Å². The van der Waals surface area contributed by atoms with Crippen molar-refractivity contribution in [1.82, 2.24) is 15.5 Å². The van der Waals surface area contributed by atoms with Crippen molar-refractivity contribution in [3.05, 3.63) is 70.5 Å². The summed E-state index contributed by atoms with van der Waals surface area (Å²) in [6.07, 6.45) is 0.0329. The molecule has 8 heteroatoms. The number of aromatic nitrogens is 2. The number of amides is 1. The number of carbonyl (C=O) groups is 2. The van der Waals surface area contributed by atoms with Gasteiger partial charge in [0.2, 0.25) is 5.82 Å². The first-order valence-corrected chi connectivity index (χ1v) is 9.40. The molecule has 0 radical (unpaired) electrons. The van der Waals surface area contributed by atoms with Crippen molar-refractivity contribution >= 4 is 27.8 Å². The van der Waals surface area contributed by atoms with Crippen molar-refractivity contribution in [3.8, 4) is 11.4 Å². The predicted molar refractivity (Wildman–Crippen MR) is 105 cm³/mol. The zero-order valence-corrected chi connectivity index (χ0v) is 16.7. The second-order valence-electron chi connectivity index (χ2n) is 6.13. The minimum Gasteiger partial charge on any atom is -0.455 e. The number of nitrogens with zero attached hydrogens (tertiary/aromatic N) is 2. The Balaban J connectivity index is 1.47. The maximum atomic E-state index is 12.1. The second-order valence-corrected chi connectivity index (χ2v) is 7.04. The van der Waals surface area contributed by atoms with Crippen molar-refractivity contribution < 1.29 is 18.8 Å². The summed E-state index contributed by atoms with van der Waals surface area (Å²) < 4.78 is 11.2. The molecule has 3 aromatic rings. The number of rotatable bonds is 7. The first kappa shape index (κ1) is 19.8. The van der Waals surface area contributed by atoms with Crippen LogP contribution in [-0.4, -0.2) is 28.1 Å². The summed E-state index contributed by atoms with van der Waals surface area (Å²) in [5.41, 5.74) is 1.32. The van der Waals surface area contributed by atoms with Crippen molar-refractivity contribution in [3.63, 3.8) is 0 Å². The number of hydrogen-bond donors (Lipinski definition) is 1. The van der Waals surface area contributed by atoms with Gasteiger partial charge >= 0.3 is 5.97 Å². The van der Waals surface area contributed by atoms with Crippen LogP contribution >= 0.6 is 15.9 Å². The van der Waals surface area contributed by atoms with Crippen molar-refractivity contribution in [2.75, 3.05) is 0 Å². The van der Waals surface area contributed by atoms with E-state index in [-0.39, 0.29) is 30.9 Å². The monoisotopic (exact) mass is 443 g/mol. The molecule has 3 rings (SSSR count). The number of halogens is 1. The fraction of sp³-hybridized carbons (Fsp3) is 0.200. The fourth-order valence-corrected chi connectivity index (χ4v) is 2.86. The Hall–Kier alpha value is -3.00. The lowest BCUT2D eigenvalue weighted by molar-refractivity contribution is -0.146. The zero-order chi connectivity index (χ0) is 19.9. The van der Waals surface area contributed by atoms with E-state index in [4.69, 9.17) is 9.26 Å². The number of ether oxygens (including phenoxy) is 1. The molecule has 0 fully saturated rings. The van der Waals surface area contributed by atoms with Gasteiger partial charge in [-0.1, -0.05) is 51.4 Å². The van der Waals surface area contributed by atoms with Gasteiger partial charge in [0, 0.05) is 21.6 Å². The Morgan fingerprint density at radius 1 is 1.18 bits per heavy atom. The molecule has 1 aromatic heterocycles. The summed E-state index contributed by atoms with van der Waals surface area (Å²) in [6.45, 7) is 1.61. The van der Waals surface area contributed by atoms with Crippen LogP contribution in [0, 0.1) is 0 Å². The van der Waals surface area contributed by atoms with E-state index < -0.39 is 5.97 Å². The van der Waals surface area contributed by atoms with Crippen LogP contribution in [-0.2, 0) is 16.1 Å². The van der Waals surface area contributed by atoms with E-state index in [2.05, 4.69) is 31.4 Å². The Morgan fingerprint density at radius 3 is 2.71 bits per heavy atom. The lowest BCUT2D eigenvalue weighted by Gasteiger charge is -2.13. The summed E-state index contributed by atoms with van der Waals surface area (Å²) in [5.74, 6) is -0.0975. The Morgan fingerprint density at radius 2 is 1.96 bits per heavy atom. The van der Waals surface area contributed by atoms with Gasteiger partial charge in [-0.05, 0) is 31.2 Å². The molecule has 0 aliphatic rings. The molecule has 1 N–H and O–H groups in total. The quantitative estimate of drug-likeness (QED) is 0.558. The van der Waals surface area contributed by atoms with Gasteiger partial charge < -0.3 is 14.6 Å². The molecular weight excluding hydrogens is 426 g/mol. The van der Waals surface area contributed by atoms with Crippen LogP contribution < -0.4 is 5.32 Å². The van der Waals surface area contributed by atoms with E-state index in [9.17, 15) is 9.59 Å². The molecule has 1 atom stereocenters. The molecule has 144 valence electrons. The average molecular weight is 444 g/mol. The molecule has 2 aromatic carbocycles. The molecule has 0 saturated heterocycles. The van der Waals surface area contributed by atoms with E-state index in [1.54, 1.807) is 31.2 Å². The van der Waals surface area contributed by atoms with Gasteiger partial charge in [0.15, 0.2) is 6.61 Å². The molecule has 1 amide bonds. The van der Waals surface area contributed by atoms with Crippen molar-refractivity contribution in [1.29, 1.82) is 0 Å². The van der Waals surface area contributed by atoms with Crippen LogP contribution in [0.3, 0.4) is 0 Å². The smallest absolute Gasteiger partial charge is 0.308 e. The Labute approximate surface area is 170 Å². The predicted octanol–water partition coefficient (Wildman–Crippen LogP) is 3.75. The van der Waals surface area contributed by atoms with Gasteiger partial charge in [-0.3, -0.25) is 9.59 Å². The molecule has 1 heterocycles. The summed E-state index contributed by atoms with van der Waals surface area (Å²) >= 11 is 3.39. The number of esters is 1. The van der Waals surface area contributed by atoms with Crippen LogP contribution in [0.4, 0.5) is 0 Å². The normalized spacial score (nSPS) is 11.6. The number of nitrogens with one attached hydrogen (secondary N) is 1. The van der Waals surface area contributed by atoms with Gasteiger partial charge in [0.05, 0.1) is 6.42 Å². The molecule has 0 bridgehead atoms. The lowest BCUT2D eigenvalue weighted by atomic mass is 10.2. The first-order chi connectivity index (χ1) is 13.5. The Bertz CT molecular complexity index is 959. The summed E-state index contributed by atoms with van der Waals surface area (Å²) in [4.78, 5) is 28.3. The standard InChI is InChI=1S/C20H18BrN3O4/c1-13(22-20(26)14-6-3-2-4-7-14)10-18(25)27-12-17-23-19(24-28-17)15-8-5-9-16(21)11-15/h2-9,11,13H,10,12H2,1H3,(H,22,26). The number of hydrogen-bond acceptors (Lipinski definition) is 6. The highest BCUT2D eigenvalue weighted by molar-refractivity contribution is 9.10. The minimum atomic E-state index is -0.469. The summed E-state index contributed by atoms with van der Waals surface area (Å²) in [6, 6.07) is 15.9. The highest BCUT2D eigenvalue weighted by atomic mass is 79.9. The second kappa shape index (κ2) is 9.27. The zero-order valence-electron chi connectivity index (χ0n) is 15.1. The maximum Gasteiger partial charge on any atom is 0.308 e. The van der Waals surface area contributed by atoms with Crippen LogP contribution in [0.15, 0.2) is 63.6 Å². The van der Waals surface area contributed by atoms with Gasteiger partial charge in [-0.15, -0.1) is 0 Å². The topological polar surface area (TPSA) is 94.3 Å². The van der Waals surface area contributed by atoms with Gasteiger partial charge in [0.1, 0.15) is 0 Å². The van der Waals surface area contributed by atoms with Crippen molar-refractivity contribution in [2.24, 2.45) is 0 Å². The third-order valence-electron chi connectivity index (χ3n) is 3.79. The van der Waals surface area contributed by atoms with E-state index in [0.29, 0.717) is 11.4 Å². The van der Waals surface area contributed by atoms with E-state index >= 15 is 0 Å². The van der Waals surface area contributed by atoms with Gasteiger partial charge in [0.25, 0.3) is 11.8 Å². The largest absolute Gasteiger partial charge is 0.455 e. The molecule has 0 saturated carbocycles. The molecule has 0 aliphatic heterocycles. The maximum absolute atomic E-state index is 12.1. The van der Waals surface area contributed by atoms with Crippen LogP contribution in [0.1, 0.15) is 29.6 Å². The van der Waals surface area contributed by atoms with Gasteiger partial charge in [-0.25, -0.2) is 0 Å². The third-order valence-corrected chi connectivity index (χ3v) is 4.29. The first-order valence-electron chi connectivity index (χ1n) is 8.61. The fourth-order valence-electron chi connectivity index (χ4n) is 2.46. The molecule has 1 unspecified atom stereocenters. The number of carbonyl (C=O) groups excluding carboxylic acids is 2. The van der Waals surface area contributed by atoms with E-state index in [1.165, 1.54) is 0 Å². The molecule has 7 nitrogen and oxygen atoms in total. The molecule has 28 heavy (non-hydrogen) atoms. The van der Waals surface area contributed by atoms with Crippen LogP contribution in [0.2, 0.25) is 0 Å². The lowest BCUT2D eigenvalue weighted by Crippen LogP contribution is -2.34.